The highest BCUT2D eigenvalue weighted by molar-refractivity contribution is 6.06. The van der Waals surface area contributed by atoms with Crippen LogP contribution in [-0.2, 0) is 0 Å². The van der Waals surface area contributed by atoms with Crippen LogP contribution in [-0.4, -0.2) is 39.3 Å². The molecule has 0 spiro atoms. The summed E-state index contributed by atoms with van der Waals surface area (Å²) in [6.07, 6.45) is 6.10. The molecule has 1 atom stereocenters. The first-order valence-electron chi connectivity index (χ1n) is 8.77. The van der Waals surface area contributed by atoms with E-state index < -0.39 is 5.91 Å². The van der Waals surface area contributed by atoms with E-state index in [1.807, 2.05) is 11.8 Å². The number of nitrogens with one attached hydrogen (secondary N) is 1. The van der Waals surface area contributed by atoms with Gasteiger partial charge in [-0.3, -0.25) is 9.59 Å². The van der Waals surface area contributed by atoms with Gasteiger partial charge in [0.25, 0.3) is 11.8 Å². The summed E-state index contributed by atoms with van der Waals surface area (Å²) in [4.78, 5) is 34.8. The topological polar surface area (TPSA) is 101 Å². The molecule has 2 heterocycles. The van der Waals surface area contributed by atoms with Crippen molar-refractivity contribution >= 4 is 23.3 Å². The molecule has 0 saturated carbocycles. The Labute approximate surface area is 152 Å². The van der Waals surface area contributed by atoms with Crippen LogP contribution in [0.5, 0.6) is 0 Å². The first kappa shape index (κ1) is 17.8. The van der Waals surface area contributed by atoms with E-state index in [4.69, 9.17) is 5.73 Å². The molecule has 1 fully saturated rings. The number of nitrogens with two attached hydrogens (primary N) is 1. The molecule has 2 amide bonds. The molecule has 0 aliphatic carbocycles. The lowest BCUT2D eigenvalue weighted by Crippen LogP contribution is -2.42. The Kier molecular flexibility index (Phi) is 5.16. The van der Waals surface area contributed by atoms with Gasteiger partial charge in [-0.05, 0) is 56.9 Å². The Bertz CT molecular complexity index is 836. The SMILES string of the molecule is Cc1cc(C(=O)N2CCCCC2C)ccc1NC(=O)c1nccnc1N. The van der Waals surface area contributed by atoms with Gasteiger partial charge in [0.15, 0.2) is 11.5 Å². The van der Waals surface area contributed by atoms with Crippen LogP contribution >= 0.6 is 0 Å². The zero-order valence-corrected chi connectivity index (χ0v) is 15.0. The molecule has 0 bridgehead atoms. The fraction of sp³-hybridized carbons (Fsp3) is 0.368. The molecule has 1 aromatic carbocycles. The Hall–Kier alpha value is -2.96. The lowest BCUT2D eigenvalue weighted by molar-refractivity contribution is 0.0635. The zero-order chi connectivity index (χ0) is 18.7. The fourth-order valence-electron chi connectivity index (χ4n) is 3.21. The van der Waals surface area contributed by atoms with Crippen molar-refractivity contribution in [2.75, 3.05) is 17.6 Å². The van der Waals surface area contributed by atoms with Crippen LogP contribution in [0, 0.1) is 6.92 Å². The number of amides is 2. The van der Waals surface area contributed by atoms with Gasteiger partial charge in [-0.15, -0.1) is 0 Å². The minimum atomic E-state index is -0.428. The maximum absolute atomic E-state index is 12.8. The average Bonchev–Trinajstić information content (AvgIpc) is 2.63. The Morgan fingerprint density at radius 1 is 1.23 bits per heavy atom. The summed E-state index contributed by atoms with van der Waals surface area (Å²) in [6, 6.07) is 5.54. The van der Waals surface area contributed by atoms with E-state index in [1.165, 1.54) is 18.8 Å². The summed E-state index contributed by atoms with van der Waals surface area (Å²) in [5.74, 6) is -0.313. The van der Waals surface area contributed by atoms with Gasteiger partial charge >= 0.3 is 0 Å². The number of hydrogen-bond donors (Lipinski definition) is 2. The first-order valence-corrected chi connectivity index (χ1v) is 8.77. The van der Waals surface area contributed by atoms with E-state index in [1.54, 1.807) is 18.2 Å². The molecule has 7 heteroatoms. The van der Waals surface area contributed by atoms with E-state index in [2.05, 4.69) is 22.2 Å². The summed E-state index contributed by atoms with van der Waals surface area (Å²) < 4.78 is 0. The van der Waals surface area contributed by atoms with Gasteiger partial charge < -0.3 is 16.0 Å². The minimum Gasteiger partial charge on any atom is -0.382 e. The van der Waals surface area contributed by atoms with Crippen LogP contribution in [0.4, 0.5) is 11.5 Å². The molecule has 2 aromatic rings. The molecule has 26 heavy (non-hydrogen) atoms. The molecule has 1 unspecified atom stereocenters. The number of likely N-dealkylation sites (tertiary alicyclic amines) is 1. The molecule has 1 saturated heterocycles. The fourth-order valence-corrected chi connectivity index (χ4v) is 3.21. The predicted octanol–water partition coefficient (Wildman–Crippen LogP) is 2.63. The lowest BCUT2D eigenvalue weighted by atomic mass is 10.0. The molecule has 1 aliphatic rings. The molecule has 1 aromatic heterocycles. The minimum absolute atomic E-state index is 0.0383. The van der Waals surface area contributed by atoms with E-state index in [0.29, 0.717) is 11.3 Å². The van der Waals surface area contributed by atoms with Crippen LogP contribution < -0.4 is 11.1 Å². The number of benzene rings is 1. The Morgan fingerprint density at radius 3 is 2.69 bits per heavy atom. The molecule has 3 rings (SSSR count). The predicted molar refractivity (Wildman–Crippen MR) is 99.9 cm³/mol. The number of nitrogen functional groups attached to an aromatic ring is 1. The summed E-state index contributed by atoms with van der Waals surface area (Å²) >= 11 is 0. The summed E-state index contributed by atoms with van der Waals surface area (Å²) in [7, 11) is 0. The second kappa shape index (κ2) is 7.51. The van der Waals surface area contributed by atoms with Gasteiger partial charge in [0, 0.05) is 36.2 Å². The summed E-state index contributed by atoms with van der Waals surface area (Å²) in [5.41, 5.74) is 7.81. The Morgan fingerprint density at radius 2 is 2.00 bits per heavy atom. The van der Waals surface area contributed by atoms with Crippen LogP contribution in [0.3, 0.4) is 0 Å². The third kappa shape index (κ3) is 3.66. The van der Waals surface area contributed by atoms with E-state index >= 15 is 0 Å². The molecular formula is C19H23N5O2. The van der Waals surface area contributed by atoms with Crippen LogP contribution in [0.1, 0.15) is 52.6 Å². The maximum Gasteiger partial charge on any atom is 0.278 e. The third-order valence-corrected chi connectivity index (χ3v) is 4.73. The summed E-state index contributed by atoms with van der Waals surface area (Å²) in [5, 5.41) is 2.78. The van der Waals surface area contributed by atoms with Crippen molar-refractivity contribution in [1.29, 1.82) is 0 Å². The van der Waals surface area contributed by atoms with E-state index in [0.717, 1.165) is 24.9 Å². The number of aryl methyl sites for hydroxylation is 1. The number of carbonyl (C=O) groups is 2. The highest BCUT2D eigenvalue weighted by Gasteiger charge is 2.24. The van der Waals surface area contributed by atoms with Crippen molar-refractivity contribution in [3.8, 4) is 0 Å². The number of anilines is 2. The van der Waals surface area contributed by atoms with Crippen molar-refractivity contribution in [2.45, 2.75) is 39.2 Å². The number of rotatable bonds is 3. The zero-order valence-electron chi connectivity index (χ0n) is 15.0. The largest absolute Gasteiger partial charge is 0.382 e. The molecule has 7 nitrogen and oxygen atoms in total. The Balaban J connectivity index is 1.76. The lowest BCUT2D eigenvalue weighted by Gasteiger charge is -2.33. The normalized spacial score (nSPS) is 17.0. The number of hydrogen-bond acceptors (Lipinski definition) is 5. The van der Waals surface area contributed by atoms with Gasteiger partial charge in [0.05, 0.1) is 0 Å². The molecular weight excluding hydrogens is 330 g/mol. The van der Waals surface area contributed by atoms with Gasteiger partial charge in [0.1, 0.15) is 0 Å². The quantitative estimate of drug-likeness (QED) is 0.883. The smallest absolute Gasteiger partial charge is 0.278 e. The second-order valence-corrected chi connectivity index (χ2v) is 6.62. The van der Waals surface area contributed by atoms with E-state index in [-0.39, 0.29) is 23.5 Å². The summed E-state index contributed by atoms with van der Waals surface area (Å²) in [6.45, 7) is 4.74. The average molecular weight is 353 g/mol. The maximum atomic E-state index is 12.8. The van der Waals surface area contributed by atoms with Crippen LogP contribution in [0.15, 0.2) is 30.6 Å². The molecule has 136 valence electrons. The van der Waals surface area contributed by atoms with Crippen molar-refractivity contribution in [1.82, 2.24) is 14.9 Å². The van der Waals surface area contributed by atoms with Gasteiger partial charge in [-0.2, -0.15) is 0 Å². The number of piperidine rings is 1. The second-order valence-electron chi connectivity index (χ2n) is 6.62. The van der Waals surface area contributed by atoms with Crippen LogP contribution in [0.2, 0.25) is 0 Å². The van der Waals surface area contributed by atoms with Gasteiger partial charge in [-0.1, -0.05) is 0 Å². The van der Waals surface area contributed by atoms with Crippen molar-refractivity contribution in [3.05, 3.63) is 47.4 Å². The van der Waals surface area contributed by atoms with Crippen LogP contribution in [0.25, 0.3) is 0 Å². The standard InChI is InChI=1S/C19H23N5O2/c1-12-11-14(19(26)24-10-4-3-5-13(24)2)6-7-15(12)23-18(25)16-17(20)22-9-8-21-16/h6-9,11,13H,3-5,10H2,1-2H3,(H2,20,22)(H,23,25). The third-order valence-electron chi connectivity index (χ3n) is 4.73. The highest BCUT2D eigenvalue weighted by Crippen LogP contribution is 2.22. The number of nitrogens with zero attached hydrogens (tertiary/aromatic N) is 3. The van der Waals surface area contributed by atoms with Crippen molar-refractivity contribution < 1.29 is 9.59 Å². The molecule has 0 radical (unpaired) electrons. The monoisotopic (exact) mass is 353 g/mol. The number of carbonyl (C=O) groups excluding carboxylic acids is 2. The molecule has 1 aliphatic heterocycles. The first-order chi connectivity index (χ1) is 12.5. The van der Waals surface area contributed by atoms with Crippen molar-refractivity contribution in [2.24, 2.45) is 0 Å². The molecule has 3 N–H and O–H groups in total. The van der Waals surface area contributed by atoms with Crippen molar-refractivity contribution in [3.63, 3.8) is 0 Å². The van der Waals surface area contributed by atoms with E-state index in [9.17, 15) is 9.59 Å². The van der Waals surface area contributed by atoms with Gasteiger partial charge in [0.2, 0.25) is 0 Å². The number of aromatic nitrogens is 2. The highest BCUT2D eigenvalue weighted by atomic mass is 16.2. The van der Waals surface area contributed by atoms with Gasteiger partial charge in [-0.25, -0.2) is 9.97 Å².